The van der Waals surface area contributed by atoms with Crippen LogP contribution in [0.15, 0.2) is 47.5 Å². The Kier molecular flexibility index (Phi) is 4.58. The number of amides is 1. The molecular formula is C15H17N3O3S. The van der Waals surface area contributed by atoms with E-state index in [0.717, 1.165) is 0 Å². The van der Waals surface area contributed by atoms with E-state index in [2.05, 4.69) is 9.71 Å². The first-order chi connectivity index (χ1) is 10.3. The second-order valence-electron chi connectivity index (χ2n) is 5.06. The van der Waals surface area contributed by atoms with E-state index in [0.29, 0.717) is 11.1 Å². The molecule has 1 aromatic heterocycles. The lowest BCUT2D eigenvalue weighted by atomic mass is 10.0. The van der Waals surface area contributed by atoms with Crippen LogP contribution in [0.1, 0.15) is 24.3 Å². The molecule has 2 aromatic rings. The van der Waals surface area contributed by atoms with Gasteiger partial charge in [-0.05, 0) is 37.6 Å². The van der Waals surface area contributed by atoms with Gasteiger partial charge < -0.3 is 5.73 Å². The van der Waals surface area contributed by atoms with Crippen molar-refractivity contribution in [2.75, 3.05) is 0 Å². The van der Waals surface area contributed by atoms with Crippen LogP contribution >= 0.6 is 0 Å². The van der Waals surface area contributed by atoms with Gasteiger partial charge in [-0.1, -0.05) is 18.2 Å². The molecule has 1 aromatic carbocycles. The van der Waals surface area contributed by atoms with Crippen LogP contribution in [0, 0.1) is 0 Å². The number of hydrogen-bond acceptors (Lipinski definition) is 4. The molecule has 22 heavy (non-hydrogen) atoms. The number of carbonyl (C=O) groups is 1. The zero-order valence-electron chi connectivity index (χ0n) is 12.3. The van der Waals surface area contributed by atoms with Crippen molar-refractivity contribution in [1.29, 1.82) is 0 Å². The zero-order valence-corrected chi connectivity index (χ0v) is 13.1. The number of nitrogens with two attached hydrogens (primary N) is 1. The zero-order chi connectivity index (χ0) is 16.3. The standard InChI is InChI=1S/C15H17N3O3S/c1-10(2)18-22(20,21)12-7-5-11(6-8-12)13-4-3-9-17-14(13)15(16)19/h3-10,18H,1-2H3,(H2,16,19). The van der Waals surface area contributed by atoms with Gasteiger partial charge >= 0.3 is 0 Å². The van der Waals surface area contributed by atoms with Crippen molar-refractivity contribution in [3.63, 3.8) is 0 Å². The van der Waals surface area contributed by atoms with Crippen LogP contribution in [-0.2, 0) is 10.0 Å². The fourth-order valence-corrected chi connectivity index (χ4v) is 3.28. The van der Waals surface area contributed by atoms with Crippen molar-refractivity contribution in [3.8, 4) is 11.1 Å². The first-order valence-corrected chi connectivity index (χ1v) is 8.17. The summed E-state index contributed by atoms with van der Waals surface area (Å²) in [6.07, 6.45) is 1.48. The van der Waals surface area contributed by atoms with E-state index in [9.17, 15) is 13.2 Å². The molecule has 0 saturated heterocycles. The minimum Gasteiger partial charge on any atom is -0.364 e. The van der Waals surface area contributed by atoms with Gasteiger partial charge in [-0.15, -0.1) is 0 Å². The van der Waals surface area contributed by atoms with Crippen LogP contribution < -0.4 is 10.5 Å². The minimum atomic E-state index is -3.54. The third kappa shape index (κ3) is 3.49. The highest BCUT2D eigenvalue weighted by Gasteiger charge is 2.16. The molecule has 1 heterocycles. The molecule has 0 radical (unpaired) electrons. The summed E-state index contributed by atoms with van der Waals surface area (Å²) in [6, 6.07) is 9.42. The molecule has 0 atom stereocenters. The molecule has 0 saturated carbocycles. The molecule has 0 bridgehead atoms. The fraction of sp³-hybridized carbons (Fsp3) is 0.200. The average molecular weight is 319 g/mol. The van der Waals surface area contributed by atoms with Crippen molar-refractivity contribution in [2.45, 2.75) is 24.8 Å². The number of carbonyl (C=O) groups excluding carboxylic acids is 1. The van der Waals surface area contributed by atoms with Crippen LogP contribution in [-0.4, -0.2) is 25.4 Å². The van der Waals surface area contributed by atoms with Gasteiger partial charge in [0.25, 0.3) is 5.91 Å². The number of nitrogens with one attached hydrogen (secondary N) is 1. The number of primary amides is 1. The summed E-state index contributed by atoms with van der Waals surface area (Å²) in [6.45, 7) is 3.50. The minimum absolute atomic E-state index is 0.151. The molecule has 0 spiro atoms. The molecule has 0 aliphatic carbocycles. The Morgan fingerprint density at radius 2 is 1.82 bits per heavy atom. The average Bonchev–Trinajstić information content (AvgIpc) is 2.46. The molecule has 0 unspecified atom stereocenters. The number of rotatable bonds is 5. The van der Waals surface area contributed by atoms with Crippen molar-refractivity contribution >= 4 is 15.9 Å². The summed E-state index contributed by atoms with van der Waals surface area (Å²) in [5.41, 5.74) is 6.69. The van der Waals surface area contributed by atoms with Gasteiger partial charge in [0.1, 0.15) is 5.69 Å². The van der Waals surface area contributed by atoms with Crippen molar-refractivity contribution in [1.82, 2.24) is 9.71 Å². The molecule has 2 rings (SSSR count). The van der Waals surface area contributed by atoms with E-state index in [-0.39, 0.29) is 16.6 Å². The summed E-state index contributed by atoms with van der Waals surface area (Å²) in [7, 11) is -3.54. The second kappa shape index (κ2) is 6.25. The lowest BCUT2D eigenvalue weighted by Crippen LogP contribution is -2.30. The summed E-state index contributed by atoms with van der Waals surface area (Å²) in [5.74, 6) is -0.631. The number of hydrogen-bond donors (Lipinski definition) is 2. The molecule has 1 amide bonds. The van der Waals surface area contributed by atoms with Crippen LogP contribution in [0.3, 0.4) is 0 Å². The first-order valence-electron chi connectivity index (χ1n) is 6.69. The van der Waals surface area contributed by atoms with Crippen molar-refractivity contribution in [2.24, 2.45) is 5.73 Å². The molecule has 0 fully saturated rings. The molecule has 6 nitrogen and oxygen atoms in total. The third-order valence-corrected chi connectivity index (χ3v) is 4.58. The monoisotopic (exact) mass is 319 g/mol. The van der Waals surface area contributed by atoms with Crippen LogP contribution in [0.4, 0.5) is 0 Å². The highest BCUT2D eigenvalue weighted by molar-refractivity contribution is 7.89. The fourth-order valence-electron chi connectivity index (χ4n) is 2.03. The van der Waals surface area contributed by atoms with Crippen molar-refractivity contribution < 1.29 is 13.2 Å². The van der Waals surface area contributed by atoms with Gasteiger partial charge in [0.15, 0.2) is 0 Å². The number of aromatic nitrogens is 1. The Hall–Kier alpha value is -2.25. The van der Waals surface area contributed by atoms with Gasteiger partial charge in [0.2, 0.25) is 10.0 Å². The molecule has 116 valence electrons. The van der Waals surface area contributed by atoms with Gasteiger partial charge in [0, 0.05) is 17.8 Å². The Morgan fingerprint density at radius 1 is 1.18 bits per heavy atom. The summed E-state index contributed by atoms with van der Waals surface area (Å²) < 4.78 is 26.6. The van der Waals surface area contributed by atoms with Crippen LogP contribution in [0.5, 0.6) is 0 Å². The Labute approximate surface area is 129 Å². The molecular weight excluding hydrogens is 302 g/mol. The predicted molar refractivity (Wildman–Crippen MR) is 83.6 cm³/mol. The smallest absolute Gasteiger partial charge is 0.267 e. The van der Waals surface area contributed by atoms with Gasteiger partial charge in [-0.3, -0.25) is 9.78 Å². The quantitative estimate of drug-likeness (QED) is 0.872. The number of benzene rings is 1. The molecule has 0 aliphatic heterocycles. The highest BCUT2D eigenvalue weighted by Crippen LogP contribution is 2.23. The molecule has 0 aliphatic rings. The SMILES string of the molecule is CC(C)NS(=O)(=O)c1ccc(-c2cccnc2C(N)=O)cc1. The van der Waals surface area contributed by atoms with Crippen molar-refractivity contribution in [3.05, 3.63) is 48.3 Å². The van der Waals surface area contributed by atoms with E-state index in [1.54, 1.807) is 38.1 Å². The van der Waals surface area contributed by atoms with E-state index in [4.69, 9.17) is 5.73 Å². The van der Waals surface area contributed by atoms with Crippen LogP contribution in [0.2, 0.25) is 0 Å². The third-order valence-electron chi connectivity index (χ3n) is 2.91. The summed E-state index contributed by atoms with van der Waals surface area (Å²) in [5, 5.41) is 0. The van der Waals surface area contributed by atoms with Gasteiger partial charge in [-0.25, -0.2) is 13.1 Å². The predicted octanol–water partition coefficient (Wildman–Crippen LogP) is 1.53. The number of nitrogens with zero attached hydrogens (tertiary/aromatic N) is 1. The summed E-state index contributed by atoms with van der Waals surface area (Å²) >= 11 is 0. The maximum atomic E-state index is 12.1. The lowest BCUT2D eigenvalue weighted by Gasteiger charge is -2.10. The van der Waals surface area contributed by atoms with E-state index in [1.807, 2.05) is 0 Å². The Bertz CT molecular complexity index is 784. The summed E-state index contributed by atoms with van der Waals surface area (Å²) in [4.78, 5) is 15.5. The number of sulfonamides is 1. The highest BCUT2D eigenvalue weighted by atomic mass is 32.2. The Balaban J connectivity index is 2.40. The van der Waals surface area contributed by atoms with E-state index in [1.165, 1.54) is 18.3 Å². The first kappa shape index (κ1) is 16.1. The molecule has 7 heteroatoms. The largest absolute Gasteiger partial charge is 0.364 e. The maximum absolute atomic E-state index is 12.1. The topological polar surface area (TPSA) is 102 Å². The van der Waals surface area contributed by atoms with E-state index >= 15 is 0 Å². The maximum Gasteiger partial charge on any atom is 0.267 e. The van der Waals surface area contributed by atoms with Gasteiger partial charge in [-0.2, -0.15) is 0 Å². The van der Waals surface area contributed by atoms with Crippen LogP contribution in [0.25, 0.3) is 11.1 Å². The second-order valence-corrected chi connectivity index (χ2v) is 6.78. The van der Waals surface area contributed by atoms with Gasteiger partial charge in [0.05, 0.1) is 4.90 Å². The Morgan fingerprint density at radius 3 is 2.36 bits per heavy atom. The number of pyridine rings is 1. The lowest BCUT2D eigenvalue weighted by molar-refractivity contribution is 0.0996. The molecule has 3 N–H and O–H groups in total. The van der Waals surface area contributed by atoms with E-state index < -0.39 is 15.9 Å². The normalized spacial score (nSPS) is 11.6.